The van der Waals surface area contributed by atoms with Crippen molar-refractivity contribution in [3.63, 3.8) is 0 Å². The highest BCUT2D eigenvalue weighted by atomic mass is 16.6. The lowest BCUT2D eigenvalue weighted by Gasteiger charge is -2.41. The first kappa shape index (κ1) is 23.3. The van der Waals surface area contributed by atoms with E-state index in [1.807, 2.05) is 32.7 Å². The summed E-state index contributed by atoms with van der Waals surface area (Å²) in [6, 6.07) is -0.320. The first-order chi connectivity index (χ1) is 12.0. The number of aliphatic hydroxyl groups is 3. The van der Waals surface area contributed by atoms with Gasteiger partial charge in [-0.2, -0.15) is 0 Å². The van der Waals surface area contributed by atoms with Gasteiger partial charge in [-0.25, -0.2) is 0 Å². The number of carbonyl (C=O) groups excluding carboxylic acids is 1. The van der Waals surface area contributed by atoms with Crippen LogP contribution in [0.2, 0.25) is 0 Å². The fourth-order valence-corrected chi connectivity index (χ4v) is 3.88. The summed E-state index contributed by atoms with van der Waals surface area (Å²) in [5.41, 5.74) is -1.54. The lowest BCUT2D eigenvalue weighted by atomic mass is 9.86. The van der Waals surface area contributed by atoms with Gasteiger partial charge in [0.05, 0.1) is 12.0 Å². The van der Waals surface area contributed by atoms with Crippen molar-refractivity contribution in [3.8, 4) is 0 Å². The van der Waals surface area contributed by atoms with Crippen molar-refractivity contribution in [1.82, 2.24) is 4.90 Å². The molecule has 0 aromatic carbocycles. The van der Waals surface area contributed by atoms with E-state index in [1.165, 1.54) is 0 Å². The monoisotopic (exact) mass is 373 g/mol. The van der Waals surface area contributed by atoms with Gasteiger partial charge in [0.25, 0.3) is 0 Å². The molecular weight excluding hydrogens is 334 g/mol. The highest BCUT2D eigenvalue weighted by Gasteiger charge is 2.44. The highest BCUT2D eigenvalue weighted by Crippen LogP contribution is 2.27. The summed E-state index contributed by atoms with van der Waals surface area (Å²) in [5.74, 6) is -0.396. The number of carbonyl (C=O) groups is 1. The van der Waals surface area contributed by atoms with Gasteiger partial charge in [0.15, 0.2) is 0 Å². The molecule has 6 nitrogen and oxygen atoms in total. The zero-order chi connectivity index (χ0) is 20.1. The summed E-state index contributed by atoms with van der Waals surface area (Å²) in [6.07, 6.45) is 0.943. The Bertz CT molecular complexity index is 442. The molecule has 26 heavy (non-hydrogen) atoms. The summed E-state index contributed by atoms with van der Waals surface area (Å²) in [4.78, 5) is 14.4. The van der Waals surface area contributed by atoms with Crippen molar-refractivity contribution < 1.29 is 24.9 Å². The van der Waals surface area contributed by atoms with E-state index in [2.05, 4.69) is 6.92 Å². The number of ether oxygens (including phenoxy) is 1. The number of hydrogen-bond acceptors (Lipinski definition) is 6. The molecule has 0 aliphatic carbocycles. The van der Waals surface area contributed by atoms with E-state index < -0.39 is 23.9 Å². The van der Waals surface area contributed by atoms with Crippen molar-refractivity contribution in [3.05, 3.63) is 0 Å². The van der Waals surface area contributed by atoms with Crippen LogP contribution in [0, 0.1) is 11.8 Å². The van der Waals surface area contributed by atoms with Crippen LogP contribution in [-0.2, 0) is 9.53 Å². The molecule has 1 rings (SSSR count). The molecule has 1 fully saturated rings. The fourth-order valence-electron chi connectivity index (χ4n) is 3.88. The van der Waals surface area contributed by atoms with Crippen LogP contribution >= 0.6 is 0 Å². The number of rotatable bonds is 1. The van der Waals surface area contributed by atoms with E-state index in [4.69, 9.17) is 4.74 Å². The predicted octanol–water partition coefficient (Wildman–Crippen LogP) is 1.95. The Labute approximate surface area is 158 Å². The van der Waals surface area contributed by atoms with E-state index >= 15 is 0 Å². The summed E-state index contributed by atoms with van der Waals surface area (Å²) in [6.45, 7) is 9.84. The van der Waals surface area contributed by atoms with E-state index in [0.29, 0.717) is 32.2 Å². The molecule has 0 amide bonds. The normalized spacial score (nSPS) is 42.6. The lowest BCUT2D eigenvalue weighted by Crippen LogP contribution is -2.58. The number of hydrogen-bond donors (Lipinski definition) is 3. The second-order valence-electron chi connectivity index (χ2n) is 8.51. The quantitative estimate of drug-likeness (QED) is 0.609. The van der Waals surface area contributed by atoms with Gasteiger partial charge in [0, 0.05) is 12.6 Å². The van der Waals surface area contributed by atoms with E-state index in [0.717, 1.165) is 6.42 Å². The lowest BCUT2D eigenvalue weighted by molar-refractivity contribution is -0.189. The molecule has 1 aliphatic rings. The second kappa shape index (κ2) is 10.0. The molecule has 0 aromatic heterocycles. The molecule has 0 radical (unpaired) electrons. The predicted molar refractivity (Wildman–Crippen MR) is 102 cm³/mol. The Balaban J connectivity index is 3.06. The maximum Gasteiger partial charge on any atom is 0.309 e. The minimum absolute atomic E-state index is 0.261. The Kier molecular flexibility index (Phi) is 9.00. The average molecular weight is 374 g/mol. The molecule has 1 saturated heterocycles. The Morgan fingerprint density at radius 2 is 1.85 bits per heavy atom. The van der Waals surface area contributed by atoms with Crippen LogP contribution in [0.1, 0.15) is 66.7 Å². The van der Waals surface area contributed by atoms with Crippen molar-refractivity contribution in [2.45, 2.75) is 96.7 Å². The maximum absolute atomic E-state index is 12.4. The van der Waals surface area contributed by atoms with Crippen LogP contribution in [-0.4, -0.2) is 69.7 Å². The van der Waals surface area contributed by atoms with Gasteiger partial charge in [-0.05, 0) is 52.5 Å². The smallest absolute Gasteiger partial charge is 0.309 e. The van der Waals surface area contributed by atoms with Crippen molar-refractivity contribution >= 4 is 5.97 Å². The molecule has 0 bridgehead atoms. The molecule has 0 saturated carbocycles. The largest absolute Gasteiger partial charge is 0.459 e. The minimum Gasteiger partial charge on any atom is -0.459 e. The standard InChI is InChI=1S/C20H39NO5/c1-7-17-20(5,25)18(23)15(4)21(6)12-13(2)11-16(22)10-8-9-14(3)19(24)26-17/h13-18,22-23,25H,7-12H2,1-6H3/t13?,14-,15-,16+,17?,18-,20+/m1/s1. The minimum atomic E-state index is -1.54. The van der Waals surface area contributed by atoms with E-state index in [9.17, 15) is 20.1 Å². The van der Waals surface area contributed by atoms with Gasteiger partial charge >= 0.3 is 5.97 Å². The Morgan fingerprint density at radius 3 is 2.42 bits per heavy atom. The van der Waals surface area contributed by atoms with Crippen molar-refractivity contribution in [1.29, 1.82) is 0 Å². The summed E-state index contributed by atoms with van der Waals surface area (Å²) >= 11 is 0. The SMILES string of the molecule is CCC1OC(=O)[C@H](C)CCC[C@H](O)CC(C)CN(C)[C@H](C)[C@@H](O)[C@@]1(C)O. The molecule has 6 heteroatoms. The van der Waals surface area contributed by atoms with Crippen LogP contribution in [0.15, 0.2) is 0 Å². The van der Waals surface area contributed by atoms with Gasteiger partial charge in [-0.1, -0.05) is 27.2 Å². The molecule has 0 aromatic rings. The van der Waals surface area contributed by atoms with Crippen LogP contribution in [0.4, 0.5) is 0 Å². The van der Waals surface area contributed by atoms with E-state index in [-0.39, 0.29) is 23.8 Å². The molecule has 0 spiro atoms. The number of cyclic esters (lactones) is 1. The number of aliphatic hydroxyl groups excluding tert-OH is 2. The number of nitrogens with zero attached hydrogens (tertiary/aromatic N) is 1. The molecule has 7 atom stereocenters. The molecule has 2 unspecified atom stereocenters. The third-order valence-corrected chi connectivity index (χ3v) is 5.88. The molecule has 3 N–H and O–H groups in total. The number of esters is 1. The Hall–Kier alpha value is -0.690. The van der Waals surface area contributed by atoms with Crippen LogP contribution < -0.4 is 0 Å². The third-order valence-electron chi connectivity index (χ3n) is 5.88. The molecule has 154 valence electrons. The van der Waals surface area contributed by atoms with Gasteiger partial charge in [-0.3, -0.25) is 4.79 Å². The Morgan fingerprint density at radius 1 is 1.23 bits per heavy atom. The molecule has 1 heterocycles. The molecule has 1 aliphatic heterocycles. The van der Waals surface area contributed by atoms with Crippen LogP contribution in [0.3, 0.4) is 0 Å². The molecular formula is C20H39NO5. The zero-order valence-electron chi connectivity index (χ0n) is 17.3. The van der Waals surface area contributed by atoms with Gasteiger partial charge in [-0.15, -0.1) is 0 Å². The number of likely N-dealkylation sites (N-methyl/N-ethyl adjacent to an activating group) is 1. The van der Waals surface area contributed by atoms with Gasteiger partial charge in [0.1, 0.15) is 17.8 Å². The van der Waals surface area contributed by atoms with Crippen molar-refractivity contribution in [2.75, 3.05) is 13.6 Å². The zero-order valence-corrected chi connectivity index (χ0v) is 17.3. The summed E-state index contributed by atoms with van der Waals surface area (Å²) in [7, 11) is 1.90. The second-order valence-corrected chi connectivity index (χ2v) is 8.51. The summed E-state index contributed by atoms with van der Waals surface area (Å²) in [5, 5.41) is 32.0. The third kappa shape index (κ3) is 6.19. The summed E-state index contributed by atoms with van der Waals surface area (Å²) < 4.78 is 5.58. The first-order valence-electron chi connectivity index (χ1n) is 9.99. The van der Waals surface area contributed by atoms with Crippen LogP contribution in [0.25, 0.3) is 0 Å². The highest BCUT2D eigenvalue weighted by molar-refractivity contribution is 5.72. The van der Waals surface area contributed by atoms with Crippen molar-refractivity contribution in [2.24, 2.45) is 11.8 Å². The topological polar surface area (TPSA) is 90.2 Å². The van der Waals surface area contributed by atoms with E-state index in [1.54, 1.807) is 6.92 Å². The average Bonchev–Trinajstić information content (AvgIpc) is 2.56. The van der Waals surface area contributed by atoms with Crippen LogP contribution in [0.5, 0.6) is 0 Å². The fraction of sp³-hybridized carbons (Fsp3) is 0.950. The maximum atomic E-state index is 12.4. The van der Waals surface area contributed by atoms with Gasteiger partial charge < -0.3 is 25.0 Å². The first-order valence-corrected chi connectivity index (χ1v) is 9.99. The van der Waals surface area contributed by atoms with Gasteiger partial charge in [0.2, 0.25) is 0 Å².